The third-order valence-electron chi connectivity index (χ3n) is 4.93. The van der Waals surface area contributed by atoms with Gasteiger partial charge >= 0.3 is 0 Å². The summed E-state index contributed by atoms with van der Waals surface area (Å²) >= 11 is 9.65. The van der Waals surface area contributed by atoms with Gasteiger partial charge in [-0.25, -0.2) is 13.8 Å². The maximum atomic E-state index is 13.4. The molecule has 3 aromatic carbocycles. The first kappa shape index (κ1) is 25.0. The van der Waals surface area contributed by atoms with Gasteiger partial charge in [-0.2, -0.15) is 5.10 Å². The molecule has 0 bridgehead atoms. The highest BCUT2D eigenvalue weighted by Gasteiger charge is 2.27. The second-order valence-corrected chi connectivity index (χ2v) is 10.7. The van der Waals surface area contributed by atoms with Crippen molar-refractivity contribution in [3.63, 3.8) is 0 Å². The van der Waals surface area contributed by atoms with Crippen molar-refractivity contribution in [1.29, 1.82) is 0 Å². The minimum atomic E-state index is -4.03. The van der Waals surface area contributed by atoms with E-state index in [0.717, 1.165) is 25.5 Å². The Morgan fingerprint density at radius 3 is 2.39 bits per heavy atom. The normalized spacial score (nSPS) is 11.8. The molecule has 0 fully saturated rings. The number of nitrogens with one attached hydrogen (secondary N) is 1. The smallest absolute Gasteiger partial charge is 0.264 e. The Morgan fingerprint density at radius 1 is 1.06 bits per heavy atom. The highest BCUT2D eigenvalue weighted by atomic mass is 79.9. The van der Waals surface area contributed by atoms with Gasteiger partial charge in [0.05, 0.1) is 16.3 Å². The quantitative estimate of drug-likeness (QED) is 0.315. The molecule has 6 nitrogen and oxygen atoms in total. The predicted octanol–water partition coefficient (Wildman–Crippen LogP) is 5.46. The van der Waals surface area contributed by atoms with Crippen LogP contribution in [0.25, 0.3) is 0 Å². The lowest BCUT2D eigenvalue weighted by molar-refractivity contribution is -0.119. The zero-order valence-electron chi connectivity index (χ0n) is 18.3. The van der Waals surface area contributed by atoms with E-state index < -0.39 is 22.5 Å². The first-order chi connectivity index (χ1) is 15.6. The molecule has 0 heterocycles. The summed E-state index contributed by atoms with van der Waals surface area (Å²) in [4.78, 5) is 12.8. The van der Waals surface area contributed by atoms with Gasteiger partial charge in [0, 0.05) is 9.50 Å². The minimum Gasteiger partial charge on any atom is -0.271 e. The number of hydrogen-bond acceptors (Lipinski definition) is 4. The van der Waals surface area contributed by atoms with E-state index in [1.807, 2.05) is 38.1 Å². The Balaban J connectivity index is 1.91. The van der Waals surface area contributed by atoms with Crippen LogP contribution in [0.15, 0.2) is 81.2 Å². The highest BCUT2D eigenvalue weighted by molar-refractivity contribution is 9.10. The van der Waals surface area contributed by atoms with Crippen LogP contribution in [-0.2, 0) is 14.8 Å². The molecule has 0 unspecified atom stereocenters. The molecule has 1 N–H and O–H groups in total. The molecule has 9 heteroatoms. The summed E-state index contributed by atoms with van der Waals surface area (Å²) in [5.74, 6) is -0.586. The molecule has 0 saturated carbocycles. The van der Waals surface area contributed by atoms with Crippen molar-refractivity contribution in [2.45, 2.75) is 25.7 Å². The summed E-state index contributed by atoms with van der Waals surface area (Å²) < 4.78 is 28.8. The van der Waals surface area contributed by atoms with Crippen LogP contribution in [0, 0.1) is 13.8 Å². The van der Waals surface area contributed by atoms with Crippen molar-refractivity contribution < 1.29 is 13.2 Å². The van der Waals surface area contributed by atoms with Crippen LogP contribution in [0.4, 0.5) is 5.69 Å². The topological polar surface area (TPSA) is 78.8 Å². The fourth-order valence-corrected chi connectivity index (χ4v) is 4.97. The molecule has 0 aliphatic rings. The number of hydrogen-bond donors (Lipinski definition) is 1. The number of sulfonamides is 1. The number of amides is 1. The molecule has 0 saturated heterocycles. The third-order valence-corrected chi connectivity index (χ3v) is 7.62. The molecule has 3 aromatic rings. The summed E-state index contributed by atoms with van der Waals surface area (Å²) in [5.41, 5.74) is 5.86. The van der Waals surface area contributed by atoms with Gasteiger partial charge in [0.1, 0.15) is 6.54 Å². The Hall–Kier alpha value is -2.68. The number of halogens is 2. The number of benzene rings is 3. The fourth-order valence-electron chi connectivity index (χ4n) is 2.98. The average Bonchev–Trinajstić information content (AvgIpc) is 2.78. The molecule has 3 rings (SSSR count). The molecule has 0 aromatic heterocycles. The largest absolute Gasteiger partial charge is 0.271 e. The number of nitrogens with zero attached hydrogens (tertiary/aromatic N) is 2. The second-order valence-electron chi connectivity index (χ2n) is 7.50. The van der Waals surface area contributed by atoms with E-state index in [4.69, 9.17) is 11.6 Å². The Bertz CT molecular complexity index is 1310. The molecule has 0 radical (unpaired) electrons. The zero-order valence-corrected chi connectivity index (χ0v) is 21.5. The van der Waals surface area contributed by atoms with Gasteiger partial charge < -0.3 is 0 Å². The number of carbonyl (C=O) groups is 1. The number of carbonyl (C=O) groups excluding carboxylic acids is 1. The lowest BCUT2D eigenvalue weighted by Crippen LogP contribution is -2.39. The summed E-state index contributed by atoms with van der Waals surface area (Å²) in [6.07, 6.45) is 0. The van der Waals surface area contributed by atoms with Crippen LogP contribution < -0.4 is 9.73 Å². The molecule has 33 heavy (non-hydrogen) atoms. The van der Waals surface area contributed by atoms with Crippen molar-refractivity contribution in [3.05, 3.63) is 92.9 Å². The van der Waals surface area contributed by atoms with Crippen molar-refractivity contribution in [3.8, 4) is 0 Å². The fraction of sp³-hybridized carbons (Fsp3) is 0.167. The van der Waals surface area contributed by atoms with Crippen molar-refractivity contribution in [2.24, 2.45) is 5.10 Å². The van der Waals surface area contributed by atoms with E-state index in [0.29, 0.717) is 10.7 Å². The van der Waals surface area contributed by atoms with Crippen LogP contribution >= 0.6 is 27.5 Å². The van der Waals surface area contributed by atoms with Gasteiger partial charge in [0.2, 0.25) is 0 Å². The summed E-state index contributed by atoms with van der Waals surface area (Å²) in [5, 5.41) is 4.53. The van der Waals surface area contributed by atoms with Crippen LogP contribution in [0.2, 0.25) is 5.02 Å². The Morgan fingerprint density at radius 2 is 1.76 bits per heavy atom. The SMILES string of the molecule is C/C(=N/NC(=O)CN(c1ccc(C)c(Cl)c1)S(=O)(=O)c1ccc(C)cc1)c1cccc(Br)c1. The number of aryl methyl sites for hydroxylation is 2. The first-order valence-electron chi connectivity index (χ1n) is 10.0. The maximum absolute atomic E-state index is 13.4. The highest BCUT2D eigenvalue weighted by Crippen LogP contribution is 2.28. The van der Waals surface area contributed by atoms with E-state index >= 15 is 0 Å². The molecular weight excluding hydrogens is 526 g/mol. The van der Waals surface area contributed by atoms with Gasteiger partial charge in [-0.1, -0.05) is 63.4 Å². The third kappa shape index (κ3) is 6.22. The van der Waals surface area contributed by atoms with E-state index in [9.17, 15) is 13.2 Å². The lowest BCUT2D eigenvalue weighted by atomic mass is 10.1. The van der Waals surface area contributed by atoms with Crippen LogP contribution in [0.1, 0.15) is 23.6 Å². The van der Waals surface area contributed by atoms with Crippen LogP contribution in [0.5, 0.6) is 0 Å². The van der Waals surface area contributed by atoms with Crippen molar-refractivity contribution >= 4 is 54.9 Å². The Labute approximate surface area is 207 Å². The van der Waals surface area contributed by atoms with E-state index in [2.05, 4.69) is 26.5 Å². The summed E-state index contributed by atoms with van der Waals surface area (Å²) in [7, 11) is -4.03. The van der Waals surface area contributed by atoms with Crippen molar-refractivity contribution in [1.82, 2.24) is 5.43 Å². The van der Waals surface area contributed by atoms with Gasteiger partial charge in [0.25, 0.3) is 15.9 Å². The van der Waals surface area contributed by atoms with Crippen LogP contribution in [-0.4, -0.2) is 26.6 Å². The number of hydrazone groups is 1. The number of rotatable bonds is 7. The van der Waals surface area contributed by atoms with Gasteiger partial charge in [-0.3, -0.25) is 9.10 Å². The van der Waals surface area contributed by atoms with Crippen LogP contribution in [0.3, 0.4) is 0 Å². The average molecular weight is 549 g/mol. The lowest BCUT2D eigenvalue weighted by Gasteiger charge is -2.24. The molecule has 0 atom stereocenters. The van der Waals surface area contributed by atoms with Gasteiger partial charge in [0.15, 0.2) is 0 Å². The van der Waals surface area contributed by atoms with Gasteiger partial charge in [-0.15, -0.1) is 0 Å². The van der Waals surface area contributed by atoms with E-state index in [1.165, 1.54) is 18.2 Å². The standard InChI is InChI=1S/C24H23BrClN3O3S/c1-16-7-11-22(12-8-16)33(31,32)29(21-10-9-17(2)23(26)14-21)15-24(30)28-27-18(3)19-5-4-6-20(25)13-19/h4-14H,15H2,1-3H3,(H,28,30)/b27-18-. The number of anilines is 1. The molecular formula is C24H23BrClN3O3S. The predicted molar refractivity (Wildman–Crippen MR) is 136 cm³/mol. The Kier molecular flexibility index (Phi) is 7.94. The van der Waals surface area contributed by atoms with E-state index in [-0.39, 0.29) is 10.6 Å². The summed E-state index contributed by atoms with van der Waals surface area (Å²) in [6.45, 7) is 4.97. The zero-order chi connectivity index (χ0) is 24.2. The molecule has 0 aliphatic heterocycles. The monoisotopic (exact) mass is 547 g/mol. The maximum Gasteiger partial charge on any atom is 0.264 e. The summed E-state index contributed by atoms with van der Waals surface area (Å²) in [6, 6.07) is 18.8. The molecule has 0 spiro atoms. The molecule has 1 amide bonds. The molecule has 0 aliphatic carbocycles. The minimum absolute atomic E-state index is 0.0754. The van der Waals surface area contributed by atoms with Crippen molar-refractivity contribution in [2.75, 3.05) is 10.8 Å². The first-order valence-corrected chi connectivity index (χ1v) is 12.6. The van der Waals surface area contributed by atoms with Gasteiger partial charge in [-0.05, 0) is 68.3 Å². The second kappa shape index (κ2) is 10.5. The van der Waals surface area contributed by atoms with E-state index in [1.54, 1.807) is 31.2 Å². The molecule has 172 valence electrons.